The van der Waals surface area contributed by atoms with Gasteiger partial charge in [-0.15, -0.1) is 0 Å². The standard InChI is InChI=1S/C11H13BrF2/c1-2-3-5-8(12)11-9(13)6-4-7-10(11)14/h4,6-8H,2-3,5H2,1H3. The molecule has 3 heteroatoms. The molecule has 1 aromatic rings. The fourth-order valence-corrected chi connectivity index (χ4v) is 2.10. The highest BCUT2D eigenvalue weighted by molar-refractivity contribution is 9.09. The first kappa shape index (κ1) is 11.6. The van der Waals surface area contributed by atoms with Crippen LogP contribution in [0.1, 0.15) is 36.6 Å². The molecule has 78 valence electrons. The van der Waals surface area contributed by atoms with Crippen LogP contribution in [0.2, 0.25) is 0 Å². The Bertz CT molecular complexity index is 279. The van der Waals surface area contributed by atoms with E-state index in [0.717, 1.165) is 19.3 Å². The van der Waals surface area contributed by atoms with Crippen LogP contribution in [-0.4, -0.2) is 0 Å². The molecule has 0 aliphatic rings. The van der Waals surface area contributed by atoms with Gasteiger partial charge in [0.1, 0.15) is 11.6 Å². The van der Waals surface area contributed by atoms with E-state index in [1.807, 2.05) is 0 Å². The zero-order valence-corrected chi connectivity index (χ0v) is 9.65. The molecule has 0 aromatic heterocycles. The quantitative estimate of drug-likeness (QED) is 0.697. The fourth-order valence-electron chi connectivity index (χ4n) is 1.34. The molecule has 14 heavy (non-hydrogen) atoms. The minimum absolute atomic E-state index is 0.154. The van der Waals surface area contributed by atoms with Crippen molar-refractivity contribution in [3.05, 3.63) is 35.4 Å². The first-order valence-electron chi connectivity index (χ1n) is 4.74. The van der Waals surface area contributed by atoms with Crippen molar-refractivity contribution < 1.29 is 8.78 Å². The molecule has 0 spiro atoms. The molecule has 0 saturated heterocycles. The summed E-state index contributed by atoms with van der Waals surface area (Å²) in [5, 5.41) is 0. The number of alkyl halides is 1. The number of rotatable bonds is 4. The normalized spacial score (nSPS) is 12.9. The maximum atomic E-state index is 13.3. The molecule has 0 aliphatic carbocycles. The summed E-state index contributed by atoms with van der Waals surface area (Å²) in [6, 6.07) is 3.96. The van der Waals surface area contributed by atoms with Gasteiger partial charge >= 0.3 is 0 Å². The number of hydrogen-bond donors (Lipinski definition) is 0. The van der Waals surface area contributed by atoms with E-state index in [2.05, 4.69) is 22.9 Å². The van der Waals surface area contributed by atoms with Gasteiger partial charge in [-0.3, -0.25) is 0 Å². The average Bonchev–Trinajstić information content (AvgIpc) is 2.14. The van der Waals surface area contributed by atoms with Crippen molar-refractivity contribution in [3.63, 3.8) is 0 Å². The zero-order chi connectivity index (χ0) is 10.6. The summed E-state index contributed by atoms with van der Waals surface area (Å²) in [5.74, 6) is -0.939. The summed E-state index contributed by atoms with van der Waals surface area (Å²) < 4.78 is 26.5. The second kappa shape index (κ2) is 5.44. The van der Waals surface area contributed by atoms with Crippen molar-refractivity contribution in [1.29, 1.82) is 0 Å². The maximum absolute atomic E-state index is 13.3. The Hall–Kier alpha value is -0.440. The van der Waals surface area contributed by atoms with E-state index in [0.29, 0.717) is 0 Å². The van der Waals surface area contributed by atoms with Crippen molar-refractivity contribution in [1.82, 2.24) is 0 Å². The number of unbranched alkanes of at least 4 members (excludes halogenated alkanes) is 1. The van der Waals surface area contributed by atoms with Crippen LogP contribution in [0.5, 0.6) is 0 Å². The van der Waals surface area contributed by atoms with Gasteiger partial charge in [0.2, 0.25) is 0 Å². The molecule has 1 aromatic carbocycles. The van der Waals surface area contributed by atoms with Gasteiger partial charge in [-0.25, -0.2) is 8.78 Å². The van der Waals surface area contributed by atoms with Gasteiger partial charge in [-0.2, -0.15) is 0 Å². The SMILES string of the molecule is CCCCC(Br)c1c(F)cccc1F. The molecule has 0 fully saturated rings. The molecule has 1 unspecified atom stereocenters. The van der Waals surface area contributed by atoms with E-state index in [1.165, 1.54) is 18.2 Å². The van der Waals surface area contributed by atoms with Gasteiger partial charge in [0.05, 0.1) is 0 Å². The summed E-state index contributed by atoms with van der Waals surface area (Å²) >= 11 is 3.31. The van der Waals surface area contributed by atoms with Crippen LogP contribution in [0.3, 0.4) is 0 Å². The lowest BCUT2D eigenvalue weighted by Gasteiger charge is -2.11. The Labute approximate surface area is 91.5 Å². The summed E-state index contributed by atoms with van der Waals surface area (Å²) in [7, 11) is 0. The lowest BCUT2D eigenvalue weighted by atomic mass is 10.1. The van der Waals surface area contributed by atoms with Crippen molar-refractivity contribution >= 4 is 15.9 Å². The second-order valence-corrected chi connectivity index (χ2v) is 4.35. The Morgan fingerprint density at radius 2 is 1.86 bits per heavy atom. The average molecular weight is 263 g/mol. The molecule has 0 radical (unpaired) electrons. The third-order valence-electron chi connectivity index (χ3n) is 2.12. The van der Waals surface area contributed by atoms with Gasteiger partial charge < -0.3 is 0 Å². The van der Waals surface area contributed by atoms with Crippen LogP contribution in [0.4, 0.5) is 8.78 Å². The molecule has 0 heterocycles. The fraction of sp³-hybridized carbons (Fsp3) is 0.455. The van der Waals surface area contributed by atoms with E-state index in [9.17, 15) is 8.78 Å². The van der Waals surface area contributed by atoms with Gasteiger partial charge in [0.25, 0.3) is 0 Å². The molecular weight excluding hydrogens is 250 g/mol. The summed E-state index contributed by atoms with van der Waals surface area (Å²) in [6.07, 6.45) is 2.75. The largest absolute Gasteiger partial charge is 0.207 e. The lowest BCUT2D eigenvalue weighted by Crippen LogP contribution is -1.98. The first-order chi connectivity index (χ1) is 6.66. The Balaban J connectivity index is 2.82. The summed E-state index contributed by atoms with van der Waals surface area (Å²) in [4.78, 5) is -0.219. The third-order valence-corrected chi connectivity index (χ3v) is 3.04. The highest BCUT2D eigenvalue weighted by Gasteiger charge is 2.16. The number of hydrogen-bond acceptors (Lipinski definition) is 0. The molecular formula is C11H13BrF2. The van der Waals surface area contributed by atoms with Crippen LogP contribution < -0.4 is 0 Å². The first-order valence-corrected chi connectivity index (χ1v) is 5.66. The second-order valence-electron chi connectivity index (χ2n) is 3.25. The van der Waals surface area contributed by atoms with E-state index in [-0.39, 0.29) is 10.4 Å². The van der Waals surface area contributed by atoms with Gasteiger partial charge in [-0.1, -0.05) is 41.8 Å². The van der Waals surface area contributed by atoms with E-state index in [4.69, 9.17) is 0 Å². The topological polar surface area (TPSA) is 0 Å². The summed E-state index contributed by atoms with van der Waals surface area (Å²) in [6.45, 7) is 2.05. The van der Waals surface area contributed by atoms with Crippen molar-refractivity contribution in [2.45, 2.75) is 31.0 Å². The molecule has 0 aliphatic heterocycles. The number of halogens is 3. The molecule has 0 N–H and O–H groups in total. The predicted octanol–water partition coefficient (Wildman–Crippen LogP) is 4.59. The lowest BCUT2D eigenvalue weighted by molar-refractivity contribution is 0.544. The highest BCUT2D eigenvalue weighted by atomic mass is 79.9. The van der Waals surface area contributed by atoms with Gasteiger partial charge in [0, 0.05) is 10.4 Å². The van der Waals surface area contributed by atoms with Crippen LogP contribution in [0, 0.1) is 11.6 Å². The molecule has 1 rings (SSSR count). The highest BCUT2D eigenvalue weighted by Crippen LogP contribution is 2.31. The Morgan fingerprint density at radius 1 is 1.29 bits per heavy atom. The Morgan fingerprint density at radius 3 is 2.36 bits per heavy atom. The van der Waals surface area contributed by atoms with E-state index in [1.54, 1.807) is 0 Å². The van der Waals surface area contributed by atoms with Crippen LogP contribution in [0.25, 0.3) is 0 Å². The van der Waals surface area contributed by atoms with Crippen molar-refractivity contribution in [3.8, 4) is 0 Å². The molecule has 0 amide bonds. The number of benzene rings is 1. The predicted molar refractivity (Wildman–Crippen MR) is 57.6 cm³/mol. The minimum atomic E-state index is -0.469. The smallest absolute Gasteiger partial charge is 0.130 e. The Kier molecular flexibility index (Phi) is 4.52. The van der Waals surface area contributed by atoms with Crippen LogP contribution >= 0.6 is 15.9 Å². The molecule has 0 bridgehead atoms. The molecule has 0 nitrogen and oxygen atoms in total. The van der Waals surface area contributed by atoms with Crippen LogP contribution in [-0.2, 0) is 0 Å². The van der Waals surface area contributed by atoms with Crippen molar-refractivity contribution in [2.75, 3.05) is 0 Å². The van der Waals surface area contributed by atoms with Gasteiger partial charge in [-0.05, 0) is 18.6 Å². The molecule has 1 atom stereocenters. The van der Waals surface area contributed by atoms with Crippen molar-refractivity contribution in [2.24, 2.45) is 0 Å². The van der Waals surface area contributed by atoms with E-state index >= 15 is 0 Å². The van der Waals surface area contributed by atoms with Gasteiger partial charge in [0.15, 0.2) is 0 Å². The molecule has 0 saturated carbocycles. The summed E-state index contributed by atoms with van der Waals surface area (Å²) in [5.41, 5.74) is 0.154. The third kappa shape index (κ3) is 2.77. The zero-order valence-electron chi connectivity index (χ0n) is 8.06. The van der Waals surface area contributed by atoms with Crippen LogP contribution in [0.15, 0.2) is 18.2 Å². The minimum Gasteiger partial charge on any atom is -0.207 e. The maximum Gasteiger partial charge on any atom is 0.130 e. The monoisotopic (exact) mass is 262 g/mol. The van der Waals surface area contributed by atoms with E-state index < -0.39 is 11.6 Å².